The zero-order valence-electron chi connectivity index (χ0n) is 12.4. The minimum Gasteiger partial charge on any atom is -0.361 e. The molecule has 0 radical (unpaired) electrons. The lowest BCUT2D eigenvalue weighted by Gasteiger charge is -2.34. The molecular formula is C17H20N2O3. The van der Waals surface area contributed by atoms with Crippen molar-refractivity contribution in [1.82, 2.24) is 4.98 Å². The smallest absolute Gasteiger partial charge is 0.227 e. The summed E-state index contributed by atoms with van der Waals surface area (Å²) < 4.78 is 11.4. The lowest BCUT2D eigenvalue weighted by atomic mass is 9.84. The van der Waals surface area contributed by atoms with Crippen LogP contribution in [0.15, 0.2) is 30.5 Å². The van der Waals surface area contributed by atoms with Gasteiger partial charge in [-0.25, -0.2) is 0 Å². The molecule has 1 aromatic carbocycles. The van der Waals surface area contributed by atoms with Gasteiger partial charge in [0.25, 0.3) is 0 Å². The quantitative estimate of drug-likeness (QED) is 0.896. The van der Waals surface area contributed by atoms with Gasteiger partial charge in [0.15, 0.2) is 5.79 Å². The zero-order valence-corrected chi connectivity index (χ0v) is 12.4. The molecule has 5 nitrogen and oxygen atoms in total. The van der Waals surface area contributed by atoms with E-state index in [-0.39, 0.29) is 11.8 Å². The van der Waals surface area contributed by atoms with Gasteiger partial charge in [-0.05, 0) is 37.1 Å². The van der Waals surface area contributed by atoms with E-state index in [1.807, 2.05) is 30.5 Å². The summed E-state index contributed by atoms with van der Waals surface area (Å²) in [5.74, 6) is -0.260. The van der Waals surface area contributed by atoms with Gasteiger partial charge in [-0.2, -0.15) is 0 Å². The average Bonchev–Trinajstić information content (AvgIpc) is 3.17. The Balaban J connectivity index is 1.40. The number of carbonyl (C=O) groups excluding carboxylic acids is 1. The molecule has 22 heavy (non-hydrogen) atoms. The highest BCUT2D eigenvalue weighted by Crippen LogP contribution is 2.38. The number of fused-ring (bicyclic) bond motifs is 1. The highest BCUT2D eigenvalue weighted by molar-refractivity contribution is 5.95. The molecule has 1 amide bonds. The number of hydrogen-bond acceptors (Lipinski definition) is 3. The van der Waals surface area contributed by atoms with Crippen molar-refractivity contribution in [3.05, 3.63) is 30.5 Å². The Morgan fingerprint density at radius 3 is 2.73 bits per heavy atom. The molecule has 4 rings (SSSR count). The number of carbonyl (C=O) groups is 1. The van der Waals surface area contributed by atoms with Gasteiger partial charge in [0.1, 0.15) is 0 Å². The third kappa shape index (κ3) is 2.51. The van der Waals surface area contributed by atoms with E-state index in [1.54, 1.807) is 0 Å². The number of amides is 1. The highest BCUT2D eigenvalue weighted by atomic mass is 16.7. The lowest BCUT2D eigenvalue weighted by molar-refractivity contribution is -0.182. The third-order valence-electron chi connectivity index (χ3n) is 4.75. The van der Waals surface area contributed by atoms with Crippen molar-refractivity contribution in [2.45, 2.75) is 31.5 Å². The predicted molar refractivity (Wildman–Crippen MR) is 83.5 cm³/mol. The van der Waals surface area contributed by atoms with Crippen LogP contribution in [0, 0.1) is 5.92 Å². The van der Waals surface area contributed by atoms with E-state index in [4.69, 9.17) is 9.47 Å². The Morgan fingerprint density at radius 2 is 1.95 bits per heavy atom. The van der Waals surface area contributed by atoms with Crippen LogP contribution in [0.5, 0.6) is 0 Å². The first-order chi connectivity index (χ1) is 10.7. The number of ether oxygens (including phenoxy) is 2. The summed E-state index contributed by atoms with van der Waals surface area (Å²) in [6, 6.07) is 7.92. The summed E-state index contributed by atoms with van der Waals surface area (Å²) in [5, 5.41) is 4.14. The number of nitrogens with one attached hydrogen (secondary N) is 2. The van der Waals surface area contributed by atoms with Crippen molar-refractivity contribution in [3.63, 3.8) is 0 Å². The average molecular weight is 300 g/mol. The second-order valence-electron chi connectivity index (χ2n) is 6.15. The molecule has 0 bridgehead atoms. The second-order valence-corrected chi connectivity index (χ2v) is 6.15. The van der Waals surface area contributed by atoms with Crippen LogP contribution >= 0.6 is 0 Å². The number of rotatable bonds is 2. The maximum absolute atomic E-state index is 12.4. The number of benzene rings is 1. The van der Waals surface area contributed by atoms with E-state index in [0.717, 1.165) is 42.3 Å². The highest BCUT2D eigenvalue weighted by Gasteiger charge is 2.41. The molecule has 1 spiro atoms. The first-order valence-electron chi connectivity index (χ1n) is 7.90. The summed E-state index contributed by atoms with van der Waals surface area (Å²) in [6.45, 7) is 1.35. The standard InChI is InChI=1S/C17H20N2O3/c20-16(12-3-6-17(7-4-12)21-9-10-22-17)19-14-1-2-15-13(11-14)5-8-18-15/h1-2,5,8,11-12,18H,3-4,6-7,9-10H2,(H,19,20). The molecule has 5 heteroatoms. The van der Waals surface area contributed by atoms with Gasteiger partial charge in [-0.3, -0.25) is 4.79 Å². The van der Waals surface area contributed by atoms with Crippen molar-refractivity contribution in [3.8, 4) is 0 Å². The molecular weight excluding hydrogens is 280 g/mol. The van der Waals surface area contributed by atoms with E-state index in [0.29, 0.717) is 13.2 Å². The Bertz CT molecular complexity index is 678. The minimum absolute atomic E-state index is 0.0420. The van der Waals surface area contributed by atoms with Gasteiger partial charge < -0.3 is 19.8 Å². The van der Waals surface area contributed by atoms with Crippen LogP contribution in [-0.4, -0.2) is 29.9 Å². The molecule has 2 fully saturated rings. The fourth-order valence-corrected chi connectivity index (χ4v) is 3.48. The topological polar surface area (TPSA) is 63.4 Å². The van der Waals surface area contributed by atoms with Crippen molar-refractivity contribution < 1.29 is 14.3 Å². The molecule has 1 aromatic heterocycles. The molecule has 0 atom stereocenters. The monoisotopic (exact) mass is 300 g/mol. The number of anilines is 1. The van der Waals surface area contributed by atoms with Crippen molar-refractivity contribution >= 4 is 22.5 Å². The molecule has 1 saturated carbocycles. The molecule has 2 heterocycles. The Hall–Kier alpha value is -1.85. The second kappa shape index (κ2) is 5.41. The van der Waals surface area contributed by atoms with Crippen LogP contribution in [0.2, 0.25) is 0 Å². The largest absolute Gasteiger partial charge is 0.361 e. The van der Waals surface area contributed by atoms with Crippen LogP contribution in [0.25, 0.3) is 10.9 Å². The minimum atomic E-state index is -0.402. The van der Waals surface area contributed by atoms with Gasteiger partial charge in [0.2, 0.25) is 5.91 Å². The van der Waals surface area contributed by atoms with Gasteiger partial charge in [-0.15, -0.1) is 0 Å². The molecule has 1 aliphatic carbocycles. The van der Waals surface area contributed by atoms with Crippen molar-refractivity contribution in [1.29, 1.82) is 0 Å². The summed E-state index contributed by atoms with van der Waals surface area (Å²) in [4.78, 5) is 15.6. The molecule has 0 unspecified atom stereocenters. The molecule has 2 aliphatic rings. The van der Waals surface area contributed by atoms with E-state index < -0.39 is 5.79 Å². The number of aromatic amines is 1. The summed E-state index contributed by atoms with van der Waals surface area (Å²) in [7, 11) is 0. The lowest BCUT2D eigenvalue weighted by Crippen LogP contribution is -2.38. The molecule has 1 aliphatic heterocycles. The Morgan fingerprint density at radius 1 is 1.18 bits per heavy atom. The zero-order chi connectivity index (χ0) is 15.0. The summed E-state index contributed by atoms with van der Waals surface area (Å²) in [5.41, 5.74) is 1.93. The summed E-state index contributed by atoms with van der Waals surface area (Å²) in [6.07, 6.45) is 5.15. The van der Waals surface area contributed by atoms with Gasteiger partial charge in [0, 0.05) is 41.5 Å². The maximum atomic E-state index is 12.4. The number of H-pyrrole nitrogens is 1. The van der Waals surface area contributed by atoms with E-state index in [1.165, 1.54) is 0 Å². The van der Waals surface area contributed by atoms with Crippen LogP contribution < -0.4 is 5.32 Å². The van der Waals surface area contributed by atoms with E-state index in [9.17, 15) is 4.79 Å². The van der Waals surface area contributed by atoms with Crippen molar-refractivity contribution in [2.24, 2.45) is 5.92 Å². The molecule has 1 saturated heterocycles. The van der Waals surface area contributed by atoms with E-state index in [2.05, 4.69) is 10.3 Å². The molecule has 2 aromatic rings. The molecule has 2 N–H and O–H groups in total. The first-order valence-corrected chi connectivity index (χ1v) is 7.90. The van der Waals surface area contributed by atoms with Gasteiger partial charge in [0.05, 0.1) is 13.2 Å². The van der Waals surface area contributed by atoms with E-state index >= 15 is 0 Å². The Kier molecular flexibility index (Phi) is 3.39. The van der Waals surface area contributed by atoms with Gasteiger partial charge in [-0.1, -0.05) is 0 Å². The Labute approximate surface area is 129 Å². The van der Waals surface area contributed by atoms with Crippen LogP contribution in [0.4, 0.5) is 5.69 Å². The molecule has 116 valence electrons. The van der Waals surface area contributed by atoms with Crippen molar-refractivity contribution in [2.75, 3.05) is 18.5 Å². The fourth-order valence-electron chi connectivity index (χ4n) is 3.48. The van der Waals surface area contributed by atoms with Crippen LogP contribution in [-0.2, 0) is 14.3 Å². The fraction of sp³-hybridized carbons (Fsp3) is 0.471. The first kappa shape index (κ1) is 13.8. The maximum Gasteiger partial charge on any atom is 0.227 e. The summed E-state index contributed by atoms with van der Waals surface area (Å²) >= 11 is 0. The SMILES string of the molecule is O=C(Nc1ccc2[nH]ccc2c1)C1CCC2(CC1)OCCO2. The predicted octanol–water partition coefficient (Wildman–Crippen LogP) is 3.04. The van der Waals surface area contributed by atoms with Crippen LogP contribution in [0.3, 0.4) is 0 Å². The van der Waals surface area contributed by atoms with Gasteiger partial charge >= 0.3 is 0 Å². The number of hydrogen-bond donors (Lipinski definition) is 2. The normalized spacial score (nSPS) is 21.5. The third-order valence-corrected chi connectivity index (χ3v) is 4.75. The van der Waals surface area contributed by atoms with Crippen LogP contribution in [0.1, 0.15) is 25.7 Å². The number of aromatic nitrogens is 1.